The Morgan fingerprint density at radius 3 is 3.00 bits per heavy atom. The van der Waals surface area contributed by atoms with Crippen molar-refractivity contribution in [1.82, 2.24) is 0 Å². The molecular weight excluding hydrogens is 395 g/mol. The monoisotopic (exact) mass is 408 g/mol. The van der Waals surface area contributed by atoms with E-state index in [0.717, 1.165) is 3.79 Å². The molecule has 0 N–H and O–H groups in total. The van der Waals surface area contributed by atoms with Crippen molar-refractivity contribution < 1.29 is 56.7 Å². The van der Waals surface area contributed by atoms with Gasteiger partial charge in [-0.1, -0.05) is 0 Å². The van der Waals surface area contributed by atoms with E-state index in [-0.39, 0.29) is 55.3 Å². The Labute approximate surface area is 158 Å². The molecule has 2 rings (SSSR count). The summed E-state index contributed by atoms with van der Waals surface area (Å²) in [5, 5.41) is 0.917. The maximum Gasteiger partial charge on any atom is 1.00 e. The molecule has 114 valence electrons. The molecule has 1 aliphatic rings. The van der Waals surface area contributed by atoms with Crippen molar-refractivity contribution in [3.63, 3.8) is 0 Å². The van der Waals surface area contributed by atoms with E-state index in [9.17, 15) is 13.0 Å². The van der Waals surface area contributed by atoms with Crippen molar-refractivity contribution >= 4 is 37.4 Å². The second kappa shape index (κ2) is 8.49. The van der Waals surface area contributed by atoms with Gasteiger partial charge >= 0.3 is 29.6 Å². The minimum atomic E-state index is -4.24. The van der Waals surface area contributed by atoms with Gasteiger partial charge in [-0.15, -0.1) is 11.3 Å². The summed E-state index contributed by atoms with van der Waals surface area (Å²) in [5.41, 5.74) is 0. The zero-order valence-electron chi connectivity index (χ0n) is 11.7. The smallest absolute Gasteiger partial charge is 0.748 e. The van der Waals surface area contributed by atoms with E-state index in [4.69, 9.17) is 14.2 Å². The van der Waals surface area contributed by atoms with Crippen LogP contribution in [-0.2, 0) is 14.9 Å². The van der Waals surface area contributed by atoms with E-state index in [2.05, 4.69) is 15.9 Å². The molecule has 0 fully saturated rings. The first kappa shape index (κ1) is 19.7. The van der Waals surface area contributed by atoms with Crippen LogP contribution in [0.1, 0.15) is 13.3 Å². The molecule has 2 heterocycles. The number of ether oxygens (including phenoxy) is 3. The van der Waals surface area contributed by atoms with Crippen molar-refractivity contribution in [1.29, 1.82) is 0 Å². The quantitative estimate of drug-likeness (QED) is 0.340. The van der Waals surface area contributed by atoms with E-state index >= 15 is 0 Å². The SMILES string of the molecule is CC(CCOCC1COc2csc(Br)c2O1)S(=O)(=O)[O-].[Na+]. The van der Waals surface area contributed by atoms with E-state index in [1.165, 1.54) is 18.3 Å². The van der Waals surface area contributed by atoms with E-state index in [1.54, 1.807) is 0 Å². The van der Waals surface area contributed by atoms with E-state index in [1.807, 2.05) is 5.38 Å². The molecule has 0 aliphatic carbocycles. The molecule has 0 saturated carbocycles. The Kier molecular flexibility index (Phi) is 7.96. The van der Waals surface area contributed by atoms with Crippen molar-refractivity contribution in [2.24, 2.45) is 0 Å². The summed E-state index contributed by atoms with van der Waals surface area (Å²) < 4.78 is 49.6. The van der Waals surface area contributed by atoms with Gasteiger partial charge in [0.15, 0.2) is 17.6 Å². The number of hydrogen-bond donors (Lipinski definition) is 0. The summed E-state index contributed by atoms with van der Waals surface area (Å²) in [7, 11) is -4.24. The van der Waals surface area contributed by atoms with Crippen LogP contribution in [0.3, 0.4) is 0 Å². The molecule has 0 amide bonds. The van der Waals surface area contributed by atoms with Crippen molar-refractivity contribution in [2.75, 3.05) is 19.8 Å². The van der Waals surface area contributed by atoms with Gasteiger partial charge in [-0.25, -0.2) is 8.42 Å². The fraction of sp³-hybridized carbons (Fsp3) is 0.636. The van der Waals surface area contributed by atoms with Gasteiger partial charge in [0, 0.05) is 17.2 Å². The fourth-order valence-corrected chi connectivity index (χ4v) is 3.18. The molecule has 0 spiro atoms. The van der Waals surface area contributed by atoms with Gasteiger partial charge in [-0.05, 0) is 29.3 Å². The summed E-state index contributed by atoms with van der Waals surface area (Å²) in [4.78, 5) is 0. The van der Waals surface area contributed by atoms with Crippen LogP contribution < -0.4 is 39.0 Å². The number of fused-ring (bicyclic) bond motifs is 1. The Hall–Kier alpha value is 0.650. The summed E-state index contributed by atoms with van der Waals surface area (Å²) in [5.74, 6) is 1.38. The molecule has 1 aromatic heterocycles. The largest absolute Gasteiger partial charge is 1.00 e. The third kappa shape index (κ3) is 5.65. The molecule has 2 unspecified atom stereocenters. The zero-order chi connectivity index (χ0) is 14.8. The van der Waals surface area contributed by atoms with Gasteiger partial charge in [0.2, 0.25) is 0 Å². The van der Waals surface area contributed by atoms with Gasteiger partial charge in [-0.3, -0.25) is 0 Å². The van der Waals surface area contributed by atoms with Gasteiger partial charge in [-0.2, -0.15) is 0 Å². The van der Waals surface area contributed by atoms with Gasteiger partial charge in [0.05, 0.1) is 16.7 Å². The first-order chi connectivity index (χ1) is 9.38. The van der Waals surface area contributed by atoms with Crippen LogP contribution >= 0.6 is 27.3 Å². The minimum Gasteiger partial charge on any atom is -0.748 e. The summed E-state index contributed by atoms with van der Waals surface area (Å²) in [6.07, 6.45) is -0.0696. The zero-order valence-corrected chi connectivity index (χ0v) is 16.9. The first-order valence-electron chi connectivity index (χ1n) is 5.97. The second-order valence-electron chi connectivity index (χ2n) is 4.42. The molecule has 1 aliphatic heterocycles. The average Bonchev–Trinajstić information content (AvgIpc) is 2.75. The Morgan fingerprint density at radius 2 is 2.33 bits per heavy atom. The Balaban J connectivity index is 0.00000220. The van der Waals surface area contributed by atoms with Crippen LogP contribution in [-0.4, -0.2) is 44.1 Å². The van der Waals surface area contributed by atoms with Gasteiger partial charge < -0.3 is 18.8 Å². The number of hydrogen-bond acceptors (Lipinski definition) is 7. The second-order valence-corrected chi connectivity index (χ2v) is 8.41. The number of rotatable bonds is 6. The van der Waals surface area contributed by atoms with Crippen LogP contribution in [0.4, 0.5) is 0 Å². The molecule has 6 nitrogen and oxygen atoms in total. The van der Waals surface area contributed by atoms with Crippen molar-refractivity contribution in [2.45, 2.75) is 24.7 Å². The predicted molar refractivity (Wildman–Crippen MR) is 76.5 cm³/mol. The van der Waals surface area contributed by atoms with Gasteiger partial charge in [0.25, 0.3) is 0 Å². The van der Waals surface area contributed by atoms with Crippen LogP contribution in [0.5, 0.6) is 11.5 Å². The molecule has 1 aromatic rings. The minimum absolute atomic E-state index is 0. The number of halogens is 1. The first-order valence-corrected chi connectivity index (χ1v) is 9.11. The van der Waals surface area contributed by atoms with Crippen molar-refractivity contribution in [3.05, 3.63) is 9.17 Å². The predicted octanol–water partition coefficient (Wildman–Crippen LogP) is -1.01. The Morgan fingerprint density at radius 1 is 1.62 bits per heavy atom. The summed E-state index contributed by atoms with van der Waals surface area (Å²) >= 11 is 4.86. The average molecular weight is 409 g/mol. The van der Waals surface area contributed by atoms with Crippen molar-refractivity contribution in [3.8, 4) is 11.5 Å². The fourth-order valence-electron chi connectivity index (χ4n) is 1.59. The van der Waals surface area contributed by atoms with Crippen LogP contribution in [0.25, 0.3) is 0 Å². The third-order valence-electron chi connectivity index (χ3n) is 2.85. The molecule has 0 aromatic carbocycles. The Bertz CT molecular complexity index is 561. The summed E-state index contributed by atoms with van der Waals surface area (Å²) in [6, 6.07) is 0. The molecule has 0 saturated heterocycles. The molecule has 0 radical (unpaired) electrons. The topological polar surface area (TPSA) is 84.9 Å². The molecular formula is C11H14BrNaO6S2. The maximum atomic E-state index is 10.7. The molecule has 2 atom stereocenters. The van der Waals surface area contributed by atoms with Crippen LogP contribution in [0.15, 0.2) is 9.17 Å². The van der Waals surface area contributed by atoms with Gasteiger partial charge in [0.1, 0.15) is 10.4 Å². The van der Waals surface area contributed by atoms with Crippen LogP contribution in [0.2, 0.25) is 0 Å². The van der Waals surface area contributed by atoms with E-state index < -0.39 is 15.4 Å². The van der Waals surface area contributed by atoms with Crippen LogP contribution in [0, 0.1) is 0 Å². The standard InChI is InChI=1S/C11H15BrO6S2.Na/c1-7(20(13,14)15)2-3-16-4-8-5-17-9-6-19-11(12)10(9)18-8;/h6-8H,2-5H2,1H3,(H,13,14,15);/q;+1/p-1. The normalized spacial score (nSPS) is 18.9. The maximum absolute atomic E-state index is 10.7. The summed E-state index contributed by atoms with van der Waals surface area (Å²) in [6.45, 7) is 2.24. The third-order valence-corrected chi connectivity index (χ3v) is 5.71. The van der Waals surface area contributed by atoms with E-state index in [0.29, 0.717) is 18.1 Å². The molecule has 0 bridgehead atoms. The number of thiophene rings is 1. The molecule has 10 heteroatoms. The molecule has 21 heavy (non-hydrogen) atoms.